The molecule has 0 saturated heterocycles. The number of H-pyrrole nitrogens is 1. The van der Waals surface area contributed by atoms with Crippen molar-refractivity contribution >= 4 is 32.9 Å². The highest BCUT2D eigenvalue weighted by atomic mass is 32.1. The van der Waals surface area contributed by atoms with Gasteiger partial charge in [0.1, 0.15) is 4.83 Å². The van der Waals surface area contributed by atoms with Gasteiger partial charge in [0.05, 0.1) is 5.39 Å². The van der Waals surface area contributed by atoms with E-state index in [2.05, 4.69) is 15.0 Å². The first-order valence-corrected chi connectivity index (χ1v) is 6.76. The third-order valence-electron chi connectivity index (χ3n) is 2.35. The van der Waals surface area contributed by atoms with Gasteiger partial charge in [0.15, 0.2) is 10.8 Å². The van der Waals surface area contributed by atoms with Crippen LogP contribution < -0.4 is 5.56 Å². The number of aromatic nitrogens is 3. The lowest BCUT2D eigenvalue weighted by molar-refractivity contribution is 1.16. The Morgan fingerprint density at radius 3 is 2.82 bits per heavy atom. The Morgan fingerprint density at radius 2 is 2.12 bits per heavy atom. The van der Waals surface area contributed by atoms with Gasteiger partial charge in [-0.25, -0.2) is 9.97 Å². The Kier molecular flexibility index (Phi) is 2.34. The van der Waals surface area contributed by atoms with Crippen molar-refractivity contribution in [1.29, 1.82) is 0 Å². The Labute approximate surface area is 105 Å². The monoisotopic (exact) mass is 263 g/mol. The minimum atomic E-state index is -0.0952. The van der Waals surface area contributed by atoms with E-state index in [-0.39, 0.29) is 5.56 Å². The lowest BCUT2D eigenvalue weighted by atomic mass is 10.4. The molecule has 17 heavy (non-hydrogen) atoms. The van der Waals surface area contributed by atoms with E-state index in [0.717, 1.165) is 20.4 Å². The molecular formula is C11H9N3OS2. The summed E-state index contributed by atoms with van der Waals surface area (Å²) >= 11 is 3.02. The first-order chi connectivity index (χ1) is 8.13. The van der Waals surface area contributed by atoms with Crippen LogP contribution in [-0.4, -0.2) is 15.0 Å². The molecule has 0 aliphatic carbocycles. The molecule has 3 aromatic heterocycles. The summed E-state index contributed by atoms with van der Waals surface area (Å²) in [5.41, 5.74) is 0.845. The number of hydrogen-bond acceptors (Lipinski definition) is 5. The molecule has 0 aliphatic rings. The van der Waals surface area contributed by atoms with E-state index < -0.39 is 0 Å². The number of thiophene rings is 1. The second-order valence-electron chi connectivity index (χ2n) is 3.78. The number of aromatic amines is 1. The molecule has 0 saturated carbocycles. The maximum absolute atomic E-state index is 11.9. The predicted octanol–water partition coefficient (Wildman–Crippen LogP) is 2.72. The molecule has 0 aromatic carbocycles. The third-order valence-corrected chi connectivity index (χ3v) is 4.26. The summed E-state index contributed by atoms with van der Waals surface area (Å²) in [6, 6.07) is 1.86. The van der Waals surface area contributed by atoms with Gasteiger partial charge in [0, 0.05) is 16.0 Å². The van der Waals surface area contributed by atoms with E-state index in [1.165, 1.54) is 22.7 Å². The summed E-state index contributed by atoms with van der Waals surface area (Å²) in [5, 5.41) is 3.36. The van der Waals surface area contributed by atoms with Gasteiger partial charge >= 0.3 is 0 Å². The van der Waals surface area contributed by atoms with Crippen molar-refractivity contribution in [2.24, 2.45) is 0 Å². The maximum Gasteiger partial charge on any atom is 0.259 e. The minimum absolute atomic E-state index is 0.0952. The molecule has 0 bridgehead atoms. The van der Waals surface area contributed by atoms with Crippen molar-refractivity contribution in [2.75, 3.05) is 0 Å². The van der Waals surface area contributed by atoms with Crippen molar-refractivity contribution < 1.29 is 0 Å². The molecule has 0 unspecified atom stereocenters. The lowest BCUT2D eigenvalue weighted by Crippen LogP contribution is -2.07. The summed E-state index contributed by atoms with van der Waals surface area (Å²) in [5.74, 6) is 0.558. The van der Waals surface area contributed by atoms with E-state index in [1.807, 2.05) is 25.3 Å². The summed E-state index contributed by atoms with van der Waals surface area (Å²) in [6.45, 7) is 3.89. The van der Waals surface area contributed by atoms with Crippen LogP contribution in [0.2, 0.25) is 0 Å². The fraction of sp³-hybridized carbons (Fsp3) is 0.182. The molecule has 3 heterocycles. The molecule has 86 valence electrons. The van der Waals surface area contributed by atoms with Crippen LogP contribution in [0.3, 0.4) is 0 Å². The zero-order valence-corrected chi connectivity index (χ0v) is 10.9. The van der Waals surface area contributed by atoms with Gasteiger partial charge in [-0.2, -0.15) is 0 Å². The van der Waals surface area contributed by atoms with E-state index in [1.54, 1.807) is 0 Å². The fourth-order valence-corrected chi connectivity index (χ4v) is 3.24. The molecule has 4 nitrogen and oxygen atoms in total. The van der Waals surface area contributed by atoms with Crippen molar-refractivity contribution in [1.82, 2.24) is 15.0 Å². The summed E-state index contributed by atoms with van der Waals surface area (Å²) in [6.07, 6.45) is 0. The first-order valence-electron chi connectivity index (χ1n) is 5.06. The Hall–Kier alpha value is -1.53. The fourth-order valence-electron chi connectivity index (χ4n) is 1.62. The summed E-state index contributed by atoms with van der Waals surface area (Å²) in [4.78, 5) is 25.3. The van der Waals surface area contributed by atoms with E-state index in [0.29, 0.717) is 11.2 Å². The number of thiazole rings is 1. The van der Waals surface area contributed by atoms with Gasteiger partial charge in [-0.3, -0.25) is 4.79 Å². The van der Waals surface area contributed by atoms with Crippen LogP contribution in [0, 0.1) is 13.8 Å². The molecule has 0 fully saturated rings. The predicted molar refractivity (Wildman–Crippen MR) is 70.8 cm³/mol. The van der Waals surface area contributed by atoms with Crippen molar-refractivity contribution in [3.05, 3.63) is 32.4 Å². The molecule has 0 aliphatic heterocycles. The summed E-state index contributed by atoms with van der Waals surface area (Å²) in [7, 11) is 0. The quantitative estimate of drug-likeness (QED) is 0.734. The second kappa shape index (κ2) is 3.75. The average Bonchev–Trinajstić information content (AvgIpc) is 2.83. The van der Waals surface area contributed by atoms with Gasteiger partial charge in [0.2, 0.25) is 0 Å². The van der Waals surface area contributed by atoms with Crippen LogP contribution in [-0.2, 0) is 0 Å². The number of nitrogens with zero attached hydrogens (tertiary/aromatic N) is 2. The zero-order valence-electron chi connectivity index (χ0n) is 9.27. The van der Waals surface area contributed by atoms with Gasteiger partial charge < -0.3 is 4.98 Å². The van der Waals surface area contributed by atoms with Crippen LogP contribution >= 0.6 is 22.7 Å². The highest BCUT2D eigenvalue weighted by Gasteiger charge is 2.10. The minimum Gasteiger partial charge on any atom is -0.304 e. The number of aryl methyl sites for hydroxylation is 2. The number of fused-ring (bicyclic) bond motifs is 1. The smallest absolute Gasteiger partial charge is 0.259 e. The Balaban J connectivity index is 2.28. The molecule has 0 atom stereocenters. The van der Waals surface area contributed by atoms with Gasteiger partial charge in [-0.15, -0.1) is 22.7 Å². The van der Waals surface area contributed by atoms with Crippen molar-refractivity contribution in [3.63, 3.8) is 0 Å². The second-order valence-corrected chi connectivity index (χ2v) is 5.88. The Bertz CT molecular complexity index is 754. The van der Waals surface area contributed by atoms with Crippen LogP contribution in [0.4, 0.5) is 0 Å². The topological polar surface area (TPSA) is 58.6 Å². The van der Waals surface area contributed by atoms with Crippen molar-refractivity contribution in [3.8, 4) is 10.8 Å². The molecular weight excluding hydrogens is 254 g/mol. The zero-order chi connectivity index (χ0) is 12.0. The Morgan fingerprint density at radius 1 is 1.29 bits per heavy atom. The average molecular weight is 263 g/mol. The highest BCUT2D eigenvalue weighted by molar-refractivity contribution is 7.18. The standard InChI is InChI=1S/C11H9N3OS2/c1-5-4-16-11(12-5)8-13-9(15)7-3-6(2)17-10(7)14-8/h3-4H,1-2H3,(H,13,14,15). The van der Waals surface area contributed by atoms with E-state index >= 15 is 0 Å². The van der Waals surface area contributed by atoms with Crippen LogP contribution in [0.5, 0.6) is 0 Å². The van der Waals surface area contributed by atoms with Crippen LogP contribution in [0.25, 0.3) is 21.0 Å². The highest BCUT2D eigenvalue weighted by Crippen LogP contribution is 2.24. The van der Waals surface area contributed by atoms with Gasteiger partial charge in [-0.05, 0) is 19.9 Å². The van der Waals surface area contributed by atoms with Gasteiger partial charge in [-0.1, -0.05) is 0 Å². The molecule has 0 amide bonds. The maximum atomic E-state index is 11.9. The van der Waals surface area contributed by atoms with Crippen molar-refractivity contribution in [2.45, 2.75) is 13.8 Å². The third kappa shape index (κ3) is 1.79. The first kappa shape index (κ1) is 10.6. The lowest BCUT2D eigenvalue weighted by Gasteiger charge is -1.95. The summed E-state index contributed by atoms with van der Waals surface area (Å²) < 4.78 is 0. The number of nitrogens with one attached hydrogen (secondary N) is 1. The molecule has 0 radical (unpaired) electrons. The number of hydrogen-bond donors (Lipinski definition) is 1. The van der Waals surface area contributed by atoms with Gasteiger partial charge in [0.25, 0.3) is 5.56 Å². The van der Waals surface area contributed by atoms with E-state index in [4.69, 9.17) is 0 Å². The SMILES string of the molecule is Cc1csc(-c2nc3sc(C)cc3c(=O)[nH]2)n1. The molecule has 1 N–H and O–H groups in total. The molecule has 3 aromatic rings. The molecule has 0 spiro atoms. The van der Waals surface area contributed by atoms with E-state index in [9.17, 15) is 4.79 Å². The largest absolute Gasteiger partial charge is 0.304 e. The molecule has 6 heteroatoms. The van der Waals surface area contributed by atoms with Crippen LogP contribution in [0.1, 0.15) is 10.6 Å². The normalized spacial score (nSPS) is 11.2. The molecule has 3 rings (SSSR count). The van der Waals surface area contributed by atoms with Crippen LogP contribution in [0.15, 0.2) is 16.2 Å². The number of rotatable bonds is 1.